The van der Waals surface area contributed by atoms with Crippen LogP contribution in [0.3, 0.4) is 0 Å². The number of halogens is 2. The second-order valence-electron chi connectivity index (χ2n) is 11.9. The summed E-state index contributed by atoms with van der Waals surface area (Å²) in [5, 5.41) is 3.69. The predicted molar refractivity (Wildman–Crippen MR) is 190 cm³/mol. The molecular weight excluding hydrogens is 653 g/mol. The van der Waals surface area contributed by atoms with Crippen LogP contribution in [0.15, 0.2) is 95.9 Å². The minimum Gasteiger partial charge on any atom is -0.352 e. The molecule has 0 fully saturated rings. The molecule has 0 heterocycles. The Bertz CT molecular complexity index is 1800. The van der Waals surface area contributed by atoms with Gasteiger partial charge in [-0.15, -0.1) is 0 Å². The van der Waals surface area contributed by atoms with Crippen molar-refractivity contribution in [1.82, 2.24) is 10.2 Å². The molecule has 248 valence electrons. The smallest absolute Gasteiger partial charge is 0.264 e. The summed E-state index contributed by atoms with van der Waals surface area (Å²) in [5.74, 6) is -0.947. The van der Waals surface area contributed by atoms with E-state index in [0.29, 0.717) is 33.3 Å². The number of carbonyl (C=O) groups is 2. The third-order valence-electron chi connectivity index (χ3n) is 8.18. The Kier molecular flexibility index (Phi) is 12.1. The van der Waals surface area contributed by atoms with E-state index >= 15 is 0 Å². The molecule has 47 heavy (non-hydrogen) atoms. The number of amides is 2. The van der Waals surface area contributed by atoms with Gasteiger partial charge in [-0.05, 0) is 81.1 Å². The summed E-state index contributed by atoms with van der Waals surface area (Å²) in [6.07, 6.45) is 0.869. The van der Waals surface area contributed by atoms with Gasteiger partial charge in [0.05, 0.1) is 10.6 Å². The fourth-order valence-electron chi connectivity index (χ4n) is 5.19. The highest BCUT2D eigenvalue weighted by Gasteiger charge is 2.36. The van der Waals surface area contributed by atoms with Crippen LogP contribution in [-0.4, -0.2) is 43.8 Å². The van der Waals surface area contributed by atoms with E-state index in [0.717, 1.165) is 21.0 Å². The highest BCUT2D eigenvalue weighted by atomic mass is 35.5. The summed E-state index contributed by atoms with van der Waals surface area (Å²) in [6, 6.07) is 25.2. The summed E-state index contributed by atoms with van der Waals surface area (Å²) in [7, 11) is -4.22. The lowest BCUT2D eigenvalue weighted by atomic mass is 10.0. The van der Waals surface area contributed by atoms with Crippen LogP contribution >= 0.6 is 23.2 Å². The first kappa shape index (κ1) is 36.0. The minimum absolute atomic E-state index is 0.0489. The van der Waals surface area contributed by atoms with Gasteiger partial charge in [0.25, 0.3) is 10.0 Å². The van der Waals surface area contributed by atoms with Gasteiger partial charge in [-0.25, -0.2) is 8.42 Å². The largest absolute Gasteiger partial charge is 0.352 e. The lowest BCUT2D eigenvalue weighted by Crippen LogP contribution is -2.54. The van der Waals surface area contributed by atoms with E-state index in [-0.39, 0.29) is 29.8 Å². The first-order chi connectivity index (χ1) is 22.3. The molecule has 0 aliphatic carbocycles. The summed E-state index contributed by atoms with van der Waals surface area (Å²) in [5.41, 5.74) is 4.07. The Labute approximate surface area is 288 Å². The maximum Gasteiger partial charge on any atom is 0.264 e. The predicted octanol–water partition coefficient (Wildman–Crippen LogP) is 7.67. The topological polar surface area (TPSA) is 86.8 Å². The normalized spacial score (nSPS) is 12.7. The van der Waals surface area contributed by atoms with Crippen molar-refractivity contribution in [2.75, 3.05) is 10.8 Å². The monoisotopic (exact) mass is 693 g/mol. The van der Waals surface area contributed by atoms with Crippen LogP contribution in [0.1, 0.15) is 48.1 Å². The molecule has 1 N–H and O–H groups in total. The van der Waals surface area contributed by atoms with E-state index in [9.17, 15) is 18.0 Å². The van der Waals surface area contributed by atoms with Crippen molar-refractivity contribution < 1.29 is 18.0 Å². The summed E-state index contributed by atoms with van der Waals surface area (Å²) in [4.78, 5) is 30.2. The van der Waals surface area contributed by atoms with E-state index in [2.05, 4.69) is 5.32 Å². The summed E-state index contributed by atoms with van der Waals surface area (Å²) < 4.78 is 29.8. The van der Waals surface area contributed by atoms with Gasteiger partial charge in [-0.3, -0.25) is 13.9 Å². The average Bonchev–Trinajstić information content (AvgIpc) is 3.04. The quantitative estimate of drug-likeness (QED) is 0.156. The molecule has 0 saturated carbocycles. The van der Waals surface area contributed by atoms with Crippen molar-refractivity contribution in [1.29, 1.82) is 0 Å². The zero-order chi connectivity index (χ0) is 34.3. The van der Waals surface area contributed by atoms with Crippen LogP contribution in [0.4, 0.5) is 5.69 Å². The molecule has 0 aliphatic rings. The second-order valence-corrected chi connectivity index (χ2v) is 14.5. The Morgan fingerprint density at radius 1 is 0.830 bits per heavy atom. The fourth-order valence-corrected chi connectivity index (χ4v) is 7.18. The van der Waals surface area contributed by atoms with E-state index in [4.69, 9.17) is 23.2 Å². The number of hydrogen-bond acceptors (Lipinski definition) is 4. The second kappa shape index (κ2) is 15.8. The van der Waals surface area contributed by atoms with Crippen molar-refractivity contribution in [3.05, 3.63) is 129 Å². The number of anilines is 1. The molecule has 0 bridgehead atoms. The maximum absolute atomic E-state index is 14.7. The molecular formula is C37H41Cl2N3O4S. The highest BCUT2D eigenvalue weighted by molar-refractivity contribution is 7.92. The molecule has 7 nitrogen and oxygen atoms in total. The van der Waals surface area contributed by atoms with E-state index < -0.39 is 28.5 Å². The number of sulfonamides is 1. The first-order valence-corrected chi connectivity index (χ1v) is 17.7. The molecule has 0 radical (unpaired) electrons. The van der Waals surface area contributed by atoms with Crippen molar-refractivity contribution in [2.24, 2.45) is 0 Å². The van der Waals surface area contributed by atoms with Crippen LogP contribution in [-0.2, 0) is 32.6 Å². The molecule has 4 rings (SSSR count). The van der Waals surface area contributed by atoms with E-state index in [1.165, 1.54) is 17.0 Å². The van der Waals surface area contributed by atoms with Crippen LogP contribution in [0.25, 0.3) is 0 Å². The third kappa shape index (κ3) is 8.95. The lowest BCUT2D eigenvalue weighted by molar-refractivity contribution is -0.140. The van der Waals surface area contributed by atoms with Gasteiger partial charge in [0, 0.05) is 34.6 Å². The van der Waals surface area contributed by atoms with Crippen LogP contribution in [0.2, 0.25) is 10.0 Å². The van der Waals surface area contributed by atoms with Gasteiger partial charge in [-0.2, -0.15) is 0 Å². The van der Waals surface area contributed by atoms with Gasteiger partial charge < -0.3 is 10.2 Å². The summed E-state index contributed by atoms with van der Waals surface area (Å²) >= 11 is 13.2. The Hall–Kier alpha value is -3.85. The van der Waals surface area contributed by atoms with Gasteiger partial charge >= 0.3 is 0 Å². The maximum atomic E-state index is 14.7. The molecule has 0 aliphatic heterocycles. The Morgan fingerprint density at radius 3 is 2.06 bits per heavy atom. The number of nitrogens with zero attached hydrogens (tertiary/aromatic N) is 2. The highest BCUT2D eigenvalue weighted by Crippen LogP contribution is 2.31. The molecule has 4 aromatic carbocycles. The lowest BCUT2D eigenvalue weighted by Gasteiger charge is -2.35. The van der Waals surface area contributed by atoms with E-state index in [1.54, 1.807) is 43.3 Å². The molecule has 0 aromatic heterocycles. The van der Waals surface area contributed by atoms with Crippen molar-refractivity contribution >= 4 is 50.7 Å². The fraction of sp³-hybridized carbons (Fsp3) is 0.297. The molecule has 4 aromatic rings. The zero-order valence-corrected chi connectivity index (χ0v) is 29.7. The number of hydrogen-bond donors (Lipinski definition) is 1. The van der Waals surface area contributed by atoms with Gasteiger partial charge in [0.2, 0.25) is 11.8 Å². The molecule has 10 heteroatoms. The number of benzene rings is 4. The van der Waals surface area contributed by atoms with Crippen LogP contribution in [0.5, 0.6) is 0 Å². The molecule has 2 atom stereocenters. The number of aryl methyl sites for hydroxylation is 3. The van der Waals surface area contributed by atoms with E-state index in [1.807, 2.05) is 70.2 Å². The molecule has 0 saturated heterocycles. The zero-order valence-electron chi connectivity index (χ0n) is 27.3. The number of nitrogens with one attached hydrogen (secondary N) is 1. The Balaban J connectivity index is 1.87. The third-order valence-corrected chi connectivity index (χ3v) is 10.7. The van der Waals surface area contributed by atoms with Gasteiger partial charge in [-0.1, -0.05) is 96.4 Å². The standard InChI is InChI=1S/C37H41Cl2N3O4S/c1-6-28(5)40-37(44)35(22-29-11-8-7-9-12-29)41(23-31-32(38)13-10-14-33(31)39)36(43)24-42(34-21-26(3)15-18-27(34)4)47(45,46)30-19-16-25(2)17-20-30/h7-21,28,35H,6,22-24H2,1-5H3,(H,40,44)/t28-,35+/m0/s1. The number of carbonyl (C=O) groups excluding carboxylic acids is 2. The SMILES string of the molecule is CC[C@H](C)NC(=O)[C@@H](Cc1ccccc1)N(Cc1c(Cl)cccc1Cl)C(=O)CN(c1cc(C)ccc1C)S(=O)(=O)c1ccc(C)cc1. The molecule has 0 spiro atoms. The van der Waals surface area contributed by atoms with Gasteiger partial charge in [0.1, 0.15) is 12.6 Å². The average molecular weight is 695 g/mol. The summed E-state index contributed by atoms with van der Waals surface area (Å²) in [6.45, 7) is 8.71. The minimum atomic E-state index is -4.22. The number of rotatable bonds is 13. The van der Waals surface area contributed by atoms with Crippen LogP contribution < -0.4 is 9.62 Å². The molecule has 2 amide bonds. The first-order valence-electron chi connectivity index (χ1n) is 15.5. The van der Waals surface area contributed by atoms with Crippen molar-refractivity contribution in [3.63, 3.8) is 0 Å². The van der Waals surface area contributed by atoms with Crippen molar-refractivity contribution in [2.45, 2.75) is 71.0 Å². The Morgan fingerprint density at radius 2 is 1.45 bits per heavy atom. The van der Waals surface area contributed by atoms with Gasteiger partial charge in [0.15, 0.2) is 0 Å². The van der Waals surface area contributed by atoms with Crippen molar-refractivity contribution in [3.8, 4) is 0 Å². The van der Waals surface area contributed by atoms with Crippen LogP contribution in [0, 0.1) is 20.8 Å². The molecule has 0 unspecified atom stereocenters.